The molecule has 9 nitrogen and oxygen atoms in total. The molecule has 1 aliphatic carbocycles. The Morgan fingerprint density at radius 2 is 1.73 bits per heavy atom. The average molecular weight is 448 g/mol. The van der Waals surface area contributed by atoms with Crippen LogP contribution in [0.15, 0.2) is 60.9 Å². The lowest BCUT2D eigenvalue weighted by Gasteiger charge is -2.18. The van der Waals surface area contributed by atoms with Crippen LogP contribution in [0.1, 0.15) is 29.3 Å². The number of nitrogens with one attached hydrogen (secondary N) is 3. The molecule has 1 heterocycles. The van der Waals surface area contributed by atoms with E-state index in [4.69, 9.17) is 9.84 Å². The second-order valence-electron chi connectivity index (χ2n) is 7.70. The number of carbonyl (C=O) groups is 3. The maximum absolute atomic E-state index is 12.5. The molecule has 0 saturated heterocycles. The van der Waals surface area contributed by atoms with Crippen LogP contribution in [0.2, 0.25) is 0 Å². The first-order valence-corrected chi connectivity index (χ1v) is 10.6. The fourth-order valence-electron chi connectivity index (χ4n) is 4.03. The summed E-state index contributed by atoms with van der Waals surface area (Å²) in [4.78, 5) is 43.1. The maximum atomic E-state index is 12.5. The summed E-state index contributed by atoms with van der Waals surface area (Å²) in [6.07, 6.45) is 2.32. The minimum atomic E-state index is -1.25. The number of hydrogen-bond acceptors (Lipinski definition) is 5. The number of aliphatic carboxylic acids is 1. The van der Waals surface area contributed by atoms with E-state index in [1.54, 1.807) is 12.4 Å². The number of ether oxygens (including phenoxy) is 1. The van der Waals surface area contributed by atoms with Gasteiger partial charge in [0.25, 0.3) is 0 Å². The summed E-state index contributed by atoms with van der Waals surface area (Å²) in [6, 6.07) is 14.6. The molecule has 170 valence electrons. The lowest BCUT2D eigenvalue weighted by Crippen LogP contribution is -2.48. The van der Waals surface area contributed by atoms with E-state index in [1.807, 2.05) is 48.5 Å². The molecule has 1 aromatic heterocycles. The molecule has 2 aromatic carbocycles. The Hall–Kier alpha value is -4.14. The predicted molar refractivity (Wildman–Crippen MR) is 120 cm³/mol. The maximum Gasteiger partial charge on any atom is 0.407 e. The fourth-order valence-corrected chi connectivity index (χ4v) is 4.03. The molecule has 9 heteroatoms. The first-order chi connectivity index (χ1) is 16.0. The molecule has 1 aliphatic rings. The number of alkyl carbamates (subject to hydrolysis) is 1. The van der Waals surface area contributed by atoms with E-state index in [1.165, 1.54) is 0 Å². The second kappa shape index (κ2) is 9.99. The van der Waals surface area contributed by atoms with Crippen LogP contribution in [-0.4, -0.2) is 52.2 Å². The number of aromatic amines is 1. The number of amides is 2. The fraction of sp³-hybridized carbons (Fsp3) is 0.250. The van der Waals surface area contributed by atoms with Crippen molar-refractivity contribution < 1.29 is 24.2 Å². The minimum Gasteiger partial charge on any atom is -0.481 e. The molecular weight excluding hydrogens is 424 g/mol. The van der Waals surface area contributed by atoms with Crippen molar-refractivity contribution in [2.45, 2.75) is 24.8 Å². The zero-order valence-electron chi connectivity index (χ0n) is 17.8. The van der Waals surface area contributed by atoms with Gasteiger partial charge >= 0.3 is 12.1 Å². The highest BCUT2D eigenvalue weighted by atomic mass is 16.5. The third-order valence-corrected chi connectivity index (χ3v) is 5.55. The van der Waals surface area contributed by atoms with Gasteiger partial charge in [0.15, 0.2) is 0 Å². The highest BCUT2D eigenvalue weighted by molar-refractivity contribution is 5.89. The number of hydrogen-bond donors (Lipinski definition) is 4. The molecule has 0 saturated carbocycles. The van der Waals surface area contributed by atoms with Gasteiger partial charge in [-0.3, -0.25) is 9.59 Å². The van der Waals surface area contributed by atoms with E-state index in [9.17, 15) is 14.4 Å². The van der Waals surface area contributed by atoms with E-state index in [-0.39, 0.29) is 19.1 Å². The number of benzene rings is 2. The summed E-state index contributed by atoms with van der Waals surface area (Å²) in [6.45, 7) is 0.314. The standard InChI is InChI=1S/C24H24N4O5/c29-22(30)13-20(23(31)27-10-9-21-25-11-12-26-21)28-24(32)33-14-19-17-7-3-1-5-15(17)16-6-2-4-8-18(16)19/h1-8,11-12,19-20H,9-10,13-14H2,(H,25,26)(H,27,31)(H,28,32)(H,29,30). The molecule has 1 unspecified atom stereocenters. The Balaban J connectivity index is 1.35. The van der Waals surface area contributed by atoms with Crippen molar-refractivity contribution in [2.75, 3.05) is 13.2 Å². The molecule has 0 fully saturated rings. The molecule has 1 atom stereocenters. The molecule has 4 rings (SSSR count). The van der Waals surface area contributed by atoms with Crippen LogP contribution in [0.5, 0.6) is 0 Å². The third kappa shape index (κ3) is 5.20. The normalized spacial score (nSPS) is 13.0. The first-order valence-electron chi connectivity index (χ1n) is 10.6. The van der Waals surface area contributed by atoms with Gasteiger partial charge in [-0.2, -0.15) is 0 Å². The van der Waals surface area contributed by atoms with Crippen molar-refractivity contribution in [1.29, 1.82) is 0 Å². The number of carboxylic acids is 1. The van der Waals surface area contributed by atoms with Crippen LogP contribution < -0.4 is 10.6 Å². The van der Waals surface area contributed by atoms with Gasteiger partial charge in [-0.1, -0.05) is 48.5 Å². The zero-order valence-corrected chi connectivity index (χ0v) is 17.8. The molecular formula is C24H24N4O5. The number of H-pyrrole nitrogens is 1. The van der Waals surface area contributed by atoms with E-state index < -0.39 is 30.4 Å². The molecule has 0 radical (unpaired) electrons. The van der Waals surface area contributed by atoms with Gasteiger partial charge in [0.1, 0.15) is 18.5 Å². The lowest BCUT2D eigenvalue weighted by molar-refractivity contribution is -0.139. The molecule has 3 aromatic rings. The monoisotopic (exact) mass is 448 g/mol. The second-order valence-corrected chi connectivity index (χ2v) is 7.70. The van der Waals surface area contributed by atoms with Gasteiger partial charge in [0.2, 0.25) is 5.91 Å². The summed E-state index contributed by atoms with van der Waals surface area (Å²) < 4.78 is 5.43. The van der Waals surface area contributed by atoms with E-state index in [0.717, 1.165) is 22.3 Å². The molecule has 0 bridgehead atoms. The first kappa shape index (κ1) is 22.1. The van der Waals surface area contributed by atoms with Gasteiger partial charge in [-0.15, -0.1) is 0 Å². The number of imidazole rings is 1. The van der Waals surface area contributed by atoms with Crippen molar-refractivity contribution >= 4 is 18.0 Å². The van der Waals surface area contributed by atoms with Crippen LogP contribution in [0, 0.1) is 0 Å². The summed E-state index contributed by atoms with van der Waals surface area (Å²) in [5, 5.41) is 14.2. The Labute approximate surface area is 190 Å². The van der Waals surface area contributed by atoms with Crippen LogP contribution in [-0.2, 0) is 20.7 Å². The highest BCUT2D eigenvalue weighted by Gasteiger charge is 2.30. The number of fused-ring (bicyclic) bond motifs is 3. The minimum absolute atomic E-state index is 0.0692. The Morgan fingerprint density at radius 1 is 1.06 bits per heavy atom. The number of aromatic nitrogens is 2. The smallest absolute Gasteiger partial charge is 0.407 e. The highest BCUT2D eigenvalue weighted by Crippen LogP contribution is 2.44. The van der Waals surface area contributed by atoms with Gasteiger partial charge in [-0.05, 0) is 22.3 Å². The molecule has 33 heavy (non-hydrogen) atoms. The zero-order chi connectivity index (χ0) is 23.2. The van der Waals surface area contributed by atoms with Gasteiger partial charge in [0, 0.05) is 31.3 Å². The summed E-state index contributed by atoms with van der Waals surface area (Å²) in [5.74, 6) is -1.25. The van der Waals surface area contributed by atoms with Gasteiger partial charge in [-0.25, -0.2) is 9.78 Å². The summed E-state index contributed by atoms with van der Waals surface area (Å²) in [7, 11) is 0. The summed E-state index contributed by atoms with van der Waals surface area (Å²) in [5.41, 5.74) is 4.32. The van der Waals surface area contributed by atoms with Crippen molar-refractivity contribution in [3.63, 3.8) is 0 Å². The SMILES string of the molecule is O=C(O)CC(NC(=O)OCC1c2ccccc2-c2ccccc21)C(=O)NCCc1ncc[nH]1. The Kier molecular flexibility index (Phi) is 6.68. The van der Waals surface area contributed by atoms with Crippen molar-refractivity contribution in [3.8, 4) is 11.1 Å². The van der Waals surface area contributed by atoms with Crippen LogP contribution >= 0.6 is 0 Å². The van der Waals surface area contributed by atoms with Crippen molar-refractivity contribution in [3.05, 3.63) is 77.9 Å². The van der Waals surface area contributed by atoms with E-state index in [0.29, 0.717) is 12.2 Å². The topological polar surface area (TPSA) is 133 Å². The van der Waals surface area contributed by atoms with E-state index in [2.05, 4.69) is 20.6 Å². The Morgan fingerprint density at radius 3 is 2.33 bits per heavy atom. The summed E-state index contributed by atoms with van der Waals surface area (Å²) >= 11 is 0. The number of carboxylic acid groups (broad SMARTS) is 1. The molecule has 4 N–H and O–H groups in total. The van der Waals surface area contributed by atoms with Crippen LogP contribution in [0.4, 0.5) is 4.79 Å². The molecule has 0 spiro atoms. The van der Waals surface area contributed by atoms with Crippen molar-refractivity contribution in [2.24, 2.45) is 0 Å². The lowest BCUT2D eigenvalue weighted by atomic mass is 9.98. The average Bonchev–Trinajstić information content (AvgIpc) is 3.43. The quantitative estimate of drug-likeness (QED) is 0.397. The van der Waals surface area contributed by atoms with Gasteiger partial charge < -0.3 is 25.5 Å². The predicted octanol–water partition coefficient (Wildman–Crippen LogP) is 2.45. The molecule has 2 amide bonds. The number of nitrogens with zero attached hydrogens (tertiary/aromatic N) is 1. The third-order valence-electron chi connectivity index (χ3n) is 5.55. The largest absolute Gasteiger partial charge is 0.481 e. The molecule has 0 aliphatic heterocycles. The van der Waals surface area contributed by atoms with Crippen LogP contribution in [0.3, 0.4) is 0 Å². The Bertz CT molecular complexity index is 1100. The van der Waals surface area contributed by atoms with Crippen molar-refractivity contribution in [1.82, 2.24) is 20.6 Å². The van der Waals surface area contributed by atoms with Crippen LogP contribution in [0.25, 0.3) is 11.1 Å². The van der Waals surface area contributed by atoms with Gasteiger partial charge in [0.05, 0.1) is 6.42 Å². The van der Waals surface area contributed by atoms with E-state index >= 15 is 0 Å². The number of rotatable bonds is 9. The number of carbonyl (C=O) groups excluding carboxylic acids is 2.